The van der Waals surface area contributed by atoms with Crippen molar-refractivity contribution < 1.29 is 4.39 Å². The molecule has 0 amide bonds. The maximum atomic E-state index is 13.3. The molecule has 6 heteroatoms. The van der Waals surface area contributed by atoms with Crippen LogP contribution in [0.2, 0.25) is 0 Å². The Morgan fingerprint density at radius 2 is 1.89 bits per heavy atom. The summed E-state index contributed by atoms with van der Waals surface area (Å²) in [4.78, 5) is 0. The third-order valence-corrected chi connectivity index (χ3v) is 2.67. The first-order valence-corrected chi connectivity index (χ1v) is 5.64. The maximum absolute atomic E-state index is 13.3. The number of benzene rings is 2. The summed E-state index contributed by atoms with van der Waals surface area (Å²) in [6, 6.07) is 13.3. The molecule has 1 heterocycles. The third kappa shape index (κ3) is 2.15. The van der Waals surface area contributed by atoms with Gasteiger partial charge in [-0.3, -0.25) is 0 Å². The number of nitrogens with zero attached hydrogens (tertiary/aromatic N) is 4. The van der Waals surface area contributed by atoms with Gasteiger partial charge in [0.1, 0.15) is 5.82 Å². The van der Waals surface area contributed by atoms with Crippen LogP contribution in [0, 0.1) is 5.82 Å². The van der Waals surface area contributed by atoms with Gasteiger partial charge in [0.15, 0.2) is 5.82 Å². The van der Waals surface area contributed by atoms with Crippen molar-refractivity contribution in [1.82, 2.24) is 20.2 Å². The van der Waals surface area contributed by atoms with E-state index in [1.807, 2.05) is 12.1 Å². The Morgan fingerprint density at radius 1 is 1.05 bits per heavy atom. The molecular weight excluding hydrogens is 245 g/mol. The summed E-state index contributed by atoms with van der Waals surface area (Å²) in [7, 11) is 0. The molecular formula is C13H10FN5. The predicted octanol–water partition coefficient (Wildman–Crippen LogP) is 2.05. The summed E-state index contributed by atoms with van der Waals surface area (Å²) in [5.41, 5.74) is 7.69. The Balaban J connectivity index is 2.13. The second-order valence-corrected chi connectivity index (χ2v) is 4.02. The number of nitrogen functional groups attached to an aromatic ring is 1. The molecule has 94 valence electrons. The summed E-state index contributed by atoms with van der Waals surface area (Å²) in [6.45, 7) is 0. The van der Waals surface area contributed by atoms with Crippen LogP contribution in [0.4, 0.5) is 10.1 Å². The van der Waals surface area contributed by atoms with E-state index >= 15 is 0 Å². The molecule has 0 unspecified atom stereocenters. The highest BCUT2D eigenvalue weighted by atomic mass is 19.1. The number of hydrogen-bond acceptors (Lipinski definition) is 4. The zero-order valence-electron chi connectivity index (χ0n) is 9.86. The molecule has 3 aromatic rings. The molecule has 0 aliphatic heterocycles. The average Bonchev–Trinajstić information content (AvgIpc) is 2.88. The van der Waals surface area contributed by atoms with Crippen molar-refractivity contribution in [3.05, 3.63) is 54.3 Å². The summed E-state index contributed by atoms with van der Waals surface area (Å²) in [5, 5.41) is 11.5. The number of rotatable bonds is 2. The number of tetrazole rings is 1. The predicted molar refractivity (Wildman–Crippen MR) is 69.0 cm³/mol. The fourth-order valence-corrected chi connectivity index (χ4v) is 1.83. The smallest absolute Gasteiger partial charge is 0.187 e. The summed E-state index contributed by atoms with van der Waals surface area (Å²) in [5.74, 6) is 0.171. The van der Waals surface area contributed by atoms with E-state index in [0.29, 0.717) is 17.2 Å². The Bertz CT molecular complexity index is 662. The molecule has 0 aliphatic rings. The van der Waals surface area contributed by atoms with E-state index in [1.54, 1.807) is 24.3 Å². The molecule has 0 saturated heterocycles. The van der Waals surface area contributed by atoms with Crippen LogP contribution >= 0.6 is 0 Å². The van der Waals surface area contributed by atoms with Gasteiger partial charge in [0, 0.05) is 11.3 Å². The van der Waals surface area contributed by atoms with E-state index in [2.05, 4.69) is 15.5 Å². The molecule has 0 saturated carbocycles. The van der Waals surface area contributed by atoms with Crippen LogP contribution in [-0.2, 0) is 0 Å². The van der Waals surface area contributed by atoms with Crippen LogP contribution in [0.25, 0.3) is 17.1 Å². The standard InChI is InChI=1S/C13H10FN5/c14-10-4-2-6-12(8-10)19-13(16-17-18-19)9-3-1-5-11(15)7-9/h1-8H,15H2. The van der Waals surface area contributed by atoms with Crippen molar-refractivity contribution in [3.63, 3.8) is 0 Å². The van der Waals surface area contributed by atoms with Crippen LogP contribution in [0.5, 0.6) is 0 Å². The molecule has 1 aromatic heterocycles. The van der Waals surface area contributed by atoms with Crippen molar-refractivity contribution in [2.75, 3.05) is 5.73 Å². The largest absolute Gasteiger partial charge is 0.399 e. The zero-order valence-corrected chi connectivity index (χ0v) is 9.86. The monoisotopic (exact) mass is 255 g/mol. The second kappa shape index (κ2) is 4.49. The van der Waals surface area contributed by atoms with E-state index in [9.17, 15) is 4.39 Å². The Morgan fingerprint density at radius 3 is 2.68 bits per heavy atom. The molecule has 0 atom stereocenters. The summed E-state index contributed by atoms with van der Waals surface area (Å²) < 4.78 is 14.7. The maximum Gasteiger partial charge on any atom is 0.187 e. The SMILES string of the molecule is Nc1cccc(-c2nnnn2-c2cccc(F)c2)c1. The highest BCUT2D eigenvalue weighted by molar-refractivity contribution is 5.62. The van der Waals surface area contributed by atoms with Crippen molar-refractivity contribution in [2.45, 2.75) is 0 Å². The van der Waals surface area contributed by atoms with Crippen LogP contribution in [0.3, 0.4) is 0 Å². The zero-order chi connectivity index (χ0) is 13.2. The normalized spacial score (nSPS) is 10.6. The van der Waals surface area contributed by atoms with Crippen molar-refractivity contribution in [1.29, 1.82) is 0 Å². The van der Waals surface area contributed by atoms with Gasteiger partial charge < -0.3 is 5.73 Å². The highest BCUT2D eigenvalue weighted by Crippen LogP contribution is 2.21. The molecule has 3 rings (SSSR count). The minimum Gasteiger partial charge on any atom is -0.399 e. The van der Waals surface area contributed by atoms with E-state index in [-0.39, 0.29) is 5.82 Å². The fraction of sp³-hybridized carbons (Fsp3) is 0. The van der Waals surface area contributed by atoms with E-state index in [0.717, 1.165) is 5.56 Å². The lowest BCUT2D eigenvalue weighted by Crippen LogP contribution is -2.00. The minimum atomic E-state index is -0.341. The molecule has 2 aromatic carbocycles. The van der Waals surface area contributed by atoms with Crippen LogP contribution in [0.15, 0.2) is 48.5 Å². The van der Waals surface area contributed by atoms with Crippen LogP contribution in [0.1, 0.15) is 0 Å². The van der Waals surface area contributed by atoms with Gasteiger partial charge >= 0.3 is 0 Å². The summed E-state index contributed by atoms with van der Waals surface area (Å²) >= 11 is 0. The third-order valence-electron chi connectivity index (χ3n) is 2.67. The Labute approximate surface area is 108 Å². The molecule has 2 N–H and O–H groups in total. The first-order chi connectivity index (χ1) is 9.24. The van der Waals surface area contributed by atoms with Gasteiger partial charge in [-0.15, -0.1) is 5.10 Å². The van der Waals surface area contributed by atoms with Gasteiger partial charge in [0.25, 0.3) is 0 Å². The minimum absolute atomic E-state index is 0.341. The molecule has 0 spiro atoms. The number of hydrogen-bond donors (Lipinski definition) is 1. The molecule has 5 nitrogen and oxygen atoms in total. The van der Waals surface area contributed by atoms with E-state index in [4.69, 9.17) is 5.73 Å². The van der Waals surface area contributed by atoms with Gasteiger partial charge in [0.2, 0.25) is 0 Å². The van der Waals surface area contributed by atoms with Gasteiger partial charge in [-0.05, 0) is 40.8 Å². The lowest BCUT2D eigenvalue weighted by molar-refractivity contribution is 0.625. The average molecular weight is 255 g/mol. The lowest BCUT2D eigenvalue weighted by Gasteiger charge is -2.05. The van der Waals surface area contributed by atoms with Gasteiger partial charge in [-0.2, -0.15) is 4.68 Å². The van der Waals surface area contributed by atoms with Gasteiger partial charge in [0.05, 0.1) is 5.69 Å². The lowest BCUT2D eigenvalue weighted by atomic mass is 10.2. The number of halogens is 1. The first kappa shape index (κ1) is 11.3. The van der Waals surface area contributed by atoms with Crippen molar-refractivity contribution in [3.8, 4) is 17.1 Å². The first-order valence-electron chi connectivity index (χ1n) is 5.64. The Hall–Kier alpha value is -2.76. The van der Waals surface area contributed by atoms with Crippen molar-refractivity contribution in [2.24, 2.45) is 0 Å². The number of aromatic nitrogens is 4. The number of nitrogens with two attached hydrogens (primary N) is 1. The van der Waals surface area contributed by atoms with Gasteiger partial charge in [-0.1, -0.05) is 18.2 Å². The summed E-state index contributed by atoms with van der Waals surface area (Å²) in [6.07, 6.45) is 0. The molecule has 0 aliphatic carbocycles. The Kier molecular flexibility index (Phi) is 2.68. The van der Waals surface area contributed by atoms with Crippen LogP contribution in [-0.4, -0.2) is 20.2 Å². The van der Waals surface area contributed by atoms with Crippen LogP contribution < -0.4 is 5.73 Å². The highest BCUT2D eigenvalue weighted by Gasteiger charge is 2.11. The van der Waals surface area contributed by atoms with E-state index < -0.39 is 0 Å². The molecule has 0 fully saturated rings. The molecule has 0 bridgehead atoms. The number of anilines is 1. The second-order valence-electron chi connectivity index (χ2n) is 4.02. The fourth-order valence-electron chi connectivity index (χ4n) is 1.83. The molecule has 19 heavy (non-hydrogen) atoms. The van der Waals surface area contributed by atoms with Gasteiger partial charge in [-0.25, -0.2) is 4.39 Å². The van der Waals surface area contributed by atoms with Crippen molar-refractivity contribution >= 4 is 5.69 Å². The quantitative estimate of drug-likeness (QED) is 0.711. The topological polar surface area (TPSA) is 69.6 Å². The molecule has 0 radical (unpaired) electrons. The van der Waals surface area contributed by atoms with E-state index in [1.165, 1.54) is 16.8 Å².